The van der Waals surface area contributed by atoms with Crippen molar-refractivity contribution in [1.29, 1.82) is 0 Å². The highest BCUT2D eigenvalue weighted by molar-refractivity contribution is 7.91. The number of rotatable bonds is 7. The van der Waals surface area contributed by atoms with E-state index in [2.05, 4.69) is 15.3 Å². The highest BCUT2D eigenvalue weighted by atomic mass is 32.2. The number of fused-ring (bicyclic) bond motifs is 2. The topological polar surface area (TPSA) is 92.2 Å². The molecule has 2 aromatic heterocycles. The molecule has 1 saturated carbocycles. The van der Waals surface area contributed by atoms with Gasteiger partial charge in [-0.2, -0.15) is 0 Å². The predicted molar refractivity (Wildman–Crippen MR) is 120 cm³/mol. The molecule has 1 aliphatic carbocycles. The maximum atomic E-state index is 13.2. The second-order valence-electron chi connectivity index (χ2n) is 7.90. The van der Waals surface area contributed by atoms with Crippen LogP contribution in [0.15, 0.2) is 59.1 Å². The molecule has 0 amide bonds. The van der Waals surface area contributed by atoms with Crippen LogP contribution >= 0.6 is 11.3 Å². The Labute approximate surface area is 178 Å². The van der Waals surface area contributed by atoms with Crippen LogP contribution in [0.3, 0.4) is 0 Å². The van der Waals surface area contributed by atoms with Crippen LogP contribution in [0.25, 0.3) is 21.1 Å². The Morgan fingerprint density at radius 1 is 1.13 bits per heavy atom. The first-order valence-electron chi connectivity index (χ1n) is 9.81. The van der Waals surface area contributed by atoms with E-state index < -0.39 is 9.84 Å². The van der Waals surface area contributed by atoms with Gasteiger partial charge in [-0.15, -0.1) is 11.3 Å². The number of nitrogens with zero attached hydrogens (tertiary/aromatic N) is 2. The predicted octanol–water partition coefficient (Wildman–Crippen LogP) is 4.52. The molecule has 0 aliphatic heterocycles. The van der Waals surface area contributed by atoms with Crippen molar-refractivity contribution in [3.8, 4) is 0 Å². The number of hydrogen-bond acceptors (Lipinski definition) is 7. The molecule has 154 valence electrons. The third-order valence-electron chi connectivity index (χ3n) is 5.77. The van der Waals surface area contributed by atoms with Crippen molar-refractivity contribution >= 4 is 53.7 Å². The van der Waals surface area contributed by atoms with E-state index in [0.29, 0.717) is 11.9 Å². The van der Waals surface area contributed by atoms with Gasteiger partial charge in [0, 0.05) is 29.6 Å². The first-order valence-corrected chi connectivity index (χ1v) is 12.3. The van der Waals surface area contributed by atoms with Gasteiger partial charge in [0.25, 0.3) is 0 Å². The zero-order chi connectivity index (χ0) is 20.8. The van der Waals surface area contributed by atoms with E-state index in [1.165, 1.54) is 0 Å². The van der Waals surface area contributed by atoms with E-state index in [-0.39, 0.29) is 22.7 Å². The largest absolute Gasteiger partial charge is 0.396 e. The Balaban J connectivity index is 1.53. The van der Waals surface area contributed by atoms with Crippen molar-refractivity contribution in [3.05, 3.63) is 54.2 Å². The first-order chi connectivity index (χ1) is 14.5. The van der Waals surface area contributed by atoms with Gasteiger partial charge in [-0.25, -0.2) is 13.4 Å². The van der Waals surface area contributed by atoms with Gasteiger partial charge >= 0.3 is 0 Å². The van der Waals surface area contributed by atoms with Gasteiger partial charge in [0.1, 0.15) is 0 Å². The molecule has 2 heterocycles. The molecule has 6 nitrogen and oxygen atoms in total. The zero-order valence-electron chi connectivity index (χ0n) is 16.2. The van der Waals surface area contributed by atoms with Crippen molar-refractivity contribution in [2.45, 2.75) is 24.2 Å². The van der Waals surface area contributed by atoms with Crippen LogP contribution in [-0.4, -0.2) is 35.9 Å². The van der Waals surface area contributed by atoms with Crippen LogP contribution in [0.4, 0.5) is 11.4 Å². The van der Waals surface area contributed by atoms with E-state index in [0.717, 1.165) is 39.8 Å². The number of thiazole rings is 1. The number of hydrogen-bond donors (Lipinski definition) is 2. The Morgan fingerprint density at radius 3 is 2.80 bits per heavy atom. The van der Waals surface area contributed by atoms with Crippen LogP contribution in [0.5, 0.6) is 0 Å². The summed E-state index contributed by atoms with van der Waals surface area (Å²) in [4.78, 5) is 9.01. The average molecular weight is 440 g/mol. The summed E-state index contributed by atoms with van der Waals surface area (Å²) in [6.45, 7) is 0.0146. The van der Waals surface area contributed by atoms with E-state index in [4.69, 9.17) is 0 Å². The van der Waals surface area contributed by atoms with Crippen molar-refractivity contribution in [2.75, 3.05) is 17.7 Å². The highest BCUT2D eigenvalue weighted by Gasteiger charge is 2.46. The molecule has 30 heavy (non-hydrogen) atoms. The molecule has 0 spiro atoms. The van der Waals surface area contributed by atoms with Gasteiger partial charge < -0.3 is 10.4 Å². The van der Waals surface area contributed by atoms with E-state index in [9.17, 15) is 13.5 Å². The lowest BCUT2D eigenvalue weighted by molar-refractivity contribution is 0.257. The molecule has 0 saturated heterocycles. The number of benzene rings is 2. The molecule has 2 N–H and O–H groups in total. The fourth-order valence-corrected chi connectivity index (χ4v) is 6.76. The maximum Gasteiger partial charge on any atom is 0.181 e. The van der Waals surface area contributed by atoms with Gasteiger partial charge in [-0.05, 0) is 55.0 Å². The Morgan fingerprint density at radius 2 is 2.00 bits per heavy atom. The summed E-state index contributed by atoms with van der Waals surface area (Å²) in [7, 11) is -3.53. The van der Waals surface area contributed by atoms with Crippen LogP contribution in [-0.2, 0) is 9.84 Å². The highest BCUT2D eigenvalue weighted by Crippen LogP contribution is 2.50. The lowest BCUT2D eigenvalue weighted by atomic mass is 10.1. The molecule has 0 radical (unpaired) electrons. The summed E-state index contributed by atoms with van der Waals surface area (Å²) in [5.74, 6) is 0.0551. The zero-order valence-corrected chi connectivity index (χ0v) is 17.8. The molecule has 0 unspecified atom stereocenters. The minimum Gasteiger partial charge on any atom is -0.396 e. The summed E-state index contributed by atoms with van der Waals surface area (Å²) in [6.07, 6.45) is 3.84. The lowest BCUT2D eigenvalue weighted by Gasteiger charge is -2.16. The van der Waals surface area contributed by atoms with Gasteiger partial charge in [0.05, 0.1) is 31.9 Å². The fourth-order valence-electron chi connectivity index (χ4n) is 3.96. The SMILES string of the molecule is O=S(=O)(CC1(CCO)CC1)c1cccc2c(Nc3ccc4scnc4c3)ccnc12. The van der Waals surface area contributed by atoms with Crippen molar-refractivity contribution < 1.29 is 13.5 Å². The Bertz CT molecular complexity index is 1340. The second kappa shape index (κ2) is 7.30. The fraction of sp³-hybridized carbons (Fsp3) is 0.273. The van der Waals surface area contributed by atoms with Gasteiger partial charge in [0.15, 0.2) is 9.84 Å². The number of aliphatic hydroxyl groups excluding tert-OH is 1. The number of aliphatic hydroxyl groups is 1. The first kappa shape index (κ1) is 19.4. The summed E-state index contributed by atoms with van der Waals surface area (Å²) in [5.41, 5.74) is 4.60. The lowest BCUT2D eigenvalue weighted by Crippen LogP contribution is -2.19. The van der Waals surface area contributed by atoms with Crippen molar-refractivity contribution in [2.24, 2.45) is 5.41 Å². The molecule has 4 aromatic rings. The van der Waals surface area contributed by atoms with Gasteiger partial charge in [0.2, 0.25) is 0 Å². The summed E-state index contributed by atoms with van der Waals surface area (Å²) in [5, 5.41) is 13.4. The number of para-hydroxylation sites is 1. The normalized spacial score (nSPS) is 15.5. The molecule has 1 fully saturated rings. The molecule has 5 rings (SSSR count). The maximum absolute atomic E-state index is 13.2. The monoisotopic (exact) mass is 439 g/mol. The number of aromatic nitrogens is 2. The van der Waals surface area contributed by atoms with Gasteiger partial charge in [-0.3, -0.25) is 4.98 Å². The number of anilines is 2. The summed E-state index contributed by atoms with van der Waals surface area (Å²) in [6, 6.07) is 13.1. The average Bonchev–Trinajstić information content (AvgIpc) is 3.30. The molecule has 8 heteroatoms. The van der Waals surface area contributed by atoms with E-state index >= 15 is 0 Å². The molecule has 1 aliphatic rings. The standard InChI is InChI=1S/C22H21N3O3S2/c26-11-9-22(7-8-22)13-30(27,28)20-3-1-2-16-17(6-10-23-21(16)20)25-15-4-5-19-18(12-15)24-14-29-19/h1-6,10,12,14,26H,7-9,11,13H2,(H,23,25). The van der Waals surface area contributed by atoms with Crippen LogP contribution in [0.2, 0.25) is 0 Å². The van der Waals surface area contributed by atoms with Crippen LogP contribution in [0.1, 0.15) is 19.3 Å². The van der Waals surface area contributed by atoms with E-state index in [1.807, 2.05) is 35.8 Å². The summed E-state index contributed by atoms with van der Waals surface area (Å²) < 4.78 is 27.5. The van der Waals surface area contributed by atoms with Gasteiger partial charge in [-0.1, -0.05) is 12.1 Å². The second-order valence-corrected chi connectivity index (χ2v) is 10.7. The van der Waals surface area contributed by atoms with Crippen LogP contribution < -0.4 is 5.32 Å². The molecule has 2 aromatic carbocycles. The van der Waals surface area contributed by atoms with Crippen LogP contribution in [0, 0.1) is 5.41 Å². The third-order valence-corrected chi connectivity index (χ3v) is 8.58. The molecule has 0 atom stereocenters. The van der Waals surface area contributed by atoms with Crippen molar-refractivity contribution in [1.82, 2.24) is 9.97 Å². The minimum absolute atomic E-state index is 0.0146. The molecular formula is C22H21N3O3S2. The Hall–Kier alpha value is -2.55. The van der Waals surface area contributed by atoms with Crippen molar-refractivity contribution in [3.63, 3.8) is 0 Å². The third kappa shape index (κ3) is 3.55. The Kier molecular flexibility index (Phi) is 4.72. The number of pyridine rings is 1. The quantitative estimate of drug-likeness (QED) is 0.440. The summed E-state index contributed by atoms with van der Waals surface area (Å²) >= 11 is 1.59. The smallest absolute Gasteiger partial charge is 0.181 e. The van der Waals surface area contributed by atoms with E-state index in [1.54, 1.807) is 29.7 Å². The molecule has 0 bridgehead atoms. The molecular weight excluding hydrogens is 418 g/mol. The number of nitrogens with one attached hydrogen (secondary N) is 1. The number of sulfone groups is 1. The minimum atomic E-state index is -3.53.